The summed E-state index contributed by atoms with van der Waals surface area (Å²) in [6.45, 7) is 5.46. The van der Waals surface area contributed by atoms with Crippen LogP contribution in [0.1, 0.15) is 39.5 Å². The normalized spacial score (nSPS) is 59.4. The number of fused-ring (bicyclic) bond motifs is 1. The Morgan fingerprint density at radius 2 is 1.91 bits per heavy atom. The summed E-state index contributed by atoms with van der Waals surface area (Å²) in [7, 11) is 5.22. The lowest BCUT2D eigenvalue weighted by atomic mass is 9.43. The molecule has 2 aliphatic heterocycles. The number of carbonyl (C=O) groups excluding carboxylic acids is 1. The number of hydrogen-bond acceptors (Lipinski definition) is 9. The number of ether oxygens (including phenoxy) is 6. The highest BCUT2D eigenvalue weighted by Gasteiger charge is 2.96. The van der Waals surface area contributed by atoms with Crippen molar-refractivity contribution in [2.45, 2.75) is 86.8 Å². The minimum Gasteiger partial charge on any atom is -0.459 e. The Bertz CT molecular complexity index is 933. The van der Waals surface area contributed by atoms with E-state index in [1.54, 1.807) is 21.3 Å². The standard InChI is InChI=1S/C26H39NO8/c1-6-27-11-14-7-8-17(31-4)25-18(14)21(35-13(2)28)26(22(25)27)24(33-12-34-26)10-16(30-3)15-9-23(25,29)20(24)19(15)32-5/h14-22,29H,6-12H2,1-5H3/t14-,15-,16-,17+,18-,19+,20+,21+,22-,23+,24-,25+,26+/m0/s1. The average molecular weight is 494 g/mol. The first-order valence-electron chi connectivity index (χ1n) is 13.3. The Kier molecular flexibility index (Phi) is 4.79. The first-order chi connectivity index (χ1) is 16.8. The maximum absolute atomic E-state index is 13.3. The molecule has 7 rings (SSSR count). The van der Waals surface area contributed by atoms with Crippen molar-refractivity contribution in [3.63, 3.8) is 0 Å². The molecule has 7 bridgehead atoms. The van der Waals surface area contributed by atoms with Gasteiger partial charge in [0.25, 0.3) is 0 Å². The van der Waals surface area contributed by atoms with Gasteiger partial charge in [-0.05, 0) is 31.7 Å². The van der Waals surface area contributed by atoms with Crippen LogP contribution in [0.5, 0.6) is 0 Å². The number of esters is 1. The monoisotopic (exact) mass is 493 g/mol. The molecule has 1 N–H and O–H groups in total. The summed E-state index contributed by atoms with van der Waals surface area (Å²) < 4.78 is 38.5. The van der Waals surface area contributed by atoms with Crippen LogP contribution < -0.4 is 0 Å². The van der Waals surface area contributed by atoms with Gasteiger partial charge in [-0.2, -0.15) is 0 Å². The van der Waals surface area contributed by atoms with Crippen molar-refractivity contribution in [3.05, 3.63) is 0 Å². The summed E-state index contributed by atoms with van der Waals surface area (Å²) in [6.07, 6.45) is 1.84. The minimum absolute atomic E-state index is 0.0430. The van der Waals surface area contributed by atoms with Gasteiger partial charge in [0, 0.05) is 59.0 Å². The quantitative estimate of drug-likeness (QED) is 0.562. The molecule has 0 radical (unpaired) electrons. The number of likely N-dealkylation sites (tertiary alicyclic amines) is 1. The van der Waals surface area contributed by atoms with E-state index in [2.05, 4.69) is 11.8 Å². The van der Waals surface area contributed by atoms with E-state index >= 15 is 0 Å². The number of carbonyl (C=O) groups is 1. The SMILES string of the molecule is CCN1C[C@@H]2CC[C@@H](OC)[C@]34[C@@H]2[C@@H](OC(C)=O)[C@@]2(OCO[C@]25C[C@H](OC)[C@@H]2C[C@@]3(O)[C@H]5[C@@H]2OC)[C@@H]14. The third-order valence-electron chi connectivity index (χ3n) is 11.7. The molecule has 7 aliphatic rings. The number of rotatable bonds is 5. The molecule has 0 amide bonds. The topological polar surface area (TPSA) is 95.9 Å². The van der Waals surface area contributed by atoms with E-state index < -0.39 is 28.3 Å². The molecule has 2 heterocycles. The van der Waals surface area contributed by atoms with Crippen molar-refractivity contribution in [1.82, 2.24) is 4.90 Å². The molecule has 0 aromatic heterocycles. The maximum atomic E-state index is 13.3. The molecule has 0 unspecified atom stereocenters. The lowest BCUT2D eigenvalue weighted by Gasteiger charge is -2.70. The van der Waals surface area contributed by atoms with Gasteiger partial charge in [-0.25, -0.2) is 0 Å². The van der Waals surface area contributed by atoms with Gasteiger partial charge < -0.3 is 33.5 Å². The van der Waals surface area contributed by atoms with Gasteiger partial charge in [0.15, 0.2) is 5.60 Å². The van der Waals surface area contributed by atoms with Gasteiger partial charge in [0.05, 0.1) is 35.4 Å². The van der Waals surface area contributed by atoms with Crippen molar-refractivity contribution in [2.24, 2.45) is 29.1 Å². The van der Waals surface area contributed by atoms with Crippen molar-refractivity contribution in [3.8, 4) is 0 Å². The summed E-state index contributed by atoms with van der Waals surface area (Å²) in [5.74, 6) is -0.418. The predicted molar refractivity (Wildman–Crippen MR) is 121 cm³/mol. The van der Waals surface area contributed by atoms with E-state index in [4.69, 9.17) is 28.4 Å². The Hall–Kier alpha value is -0.810. The van der Waals surface area contributed by atoms with Crippen molar-refractivity contribution in [2.75, 3.05) is 41.2 Å². The molecule has 9 heteroatoms. The molecular formula is C26H39NO8. The molecular weight excluding hydrogens is 454 g/mol. The third kappa shape index (κ3) is 2.16. The zero-order chi connectivity index (χ0) is 24.5. The molecule has 0 aromatic carbocycles. The second-order valence-electron chi connectivity index (χ2n) is 12.1. The van der Waals surface area contributed by atoms with Crippen molar-refractivity contribution >= 4 is 5.97 Å². The van der Waals surface area contributed by atoms with Crippen LogP contribution >= 0.6 is 0 Å². The van der Waals surface area contributed by atoms with E-state index in [0.717, 1.165) is 25.9 Å². The first-order valence-corrected chi connectivity index (χ1v) is 13.3. The van der Waals surface area contributed by atoms with E-state index in [1.165, 1.54) is 6.92 Å². The summed E-state index contributed by atoms with van der Waals surface area (Å²) >= 11 is 0. The second kappa shape index (κ2) is 7.18. The number of hydrogen-bond donors (Lipinski definition) is 1. The Morgan fingerprint density at radius 1 is 1.11 bits per heavy atom. The summed E-state index contributed by atoms with van der Waals surface area (Å²) in [4.78, 5) is 15.2. The fraction of sp³-hybridized carbons (Fsp3) is 0.962. The number of aliphatic hydroxyl groups is 1. The van der Waals surface area contributed by atoms with Crippen LogP contribution in [0.25, 0.3) is 0 Å². The highest BCUT2D eigenvalue weighted by Crippen LogP contribution is 2.82. The van der Waals surface area contributed by atoms with Crippen LogP contribution in [0.3, 0.4) is 0 Å². The predicted octanol–water partition coefficient (Wildman–Crippen LogP) is 0.960. The molecule has 5 aliphatic carbocycles. The average Bonchev–Trinajstić information content (AvgIpc) is 3.38. The molecule has 2 saturated heterocycles. The van der Waals surface area contributed by atoms with Gasteiger partial charge in [0.1, 0.15) is 18.5 Å². The van der Waals surface area contributed by atoms with Crippen molar-refractivity contribution in [1.29, 1.82) is 0 Å². The van der Waals surface area contributed by atoms with E-state index in [1.807, 2.05) is 0 Å². The molecule has 9 nitrogen and oxygen atoms in total. The zero-order valence-electron chi connectivity index (χ0n) is 21.4. The van der Waals surface area contributed by atoms with Crippen LogP contribution in [0.2, 0.25) is 0 Å². The summed E-state index contributed by atoms with van der Waals surface area (Å²) in [5, 5.41) is 13.3. The van der Waals surface area contributed by atoms with Gasteiger partial charge in [-0.1, -0.05) is 6.92 Å². The Balaban J connectivity index is 1.59. The summed E-state index contributed by atoms with van der Waals surface area (Å²) in [6, 6.07) is -0.202. The van der Waals surface area contributed by atoms with Crippen LogP contribution in [0, 0.1) is 29.1 Å². The lowest BCUT2D eigenvalue weighted by molar-refractivity contribution is -0.324. The number of methoxy groups -OCH3 is 3. The minimum atomic E-state index is -1.14. The molecule has 3 spiro atoms. The second-order valence-corrected chi connectivity index (χ2v) is 12.1. The molecule has 5 saturated carbocycles. The van der Waals surface area contributed by atoms with E-state index in [0.29, 0.717) is 12.8 Å². The Morgan fingerprint density at radius 3 is 2.57 bits per heavy atom. The smallest absolute Gasteiger partial charge is 0.303 e. The lowest BCUT2D eigenvalue weighted by Crippen LogP contribution is -2.85. The number of piperidine rings is 1. The van der Waals surface area contributed by atoms with E-state index in [9.17, 15) is 9.90 Å². The zero-order valence-corrected chi connectivity index (χ0v) is 21.4. The third-order valence-corrected chi connectivity index (χ3v) is 11.7. The molecule has 35 heavy (non-hydrogen) atoms. The molecule has 196 valence electrons. The van der Waals surface area contributed by atoms with Crippen LogP contribution in [-0.4, -0.2) is 104 Å². The molecule has 13 atom stereocenters. The number of likely N-dealkylation sites (N-methyl/N-ethyl adjacent to an activating group) is 1. The Labute approximate surface area is 206 Å². The van der Waals surface area contributed by atoms with Crippen LogP contribution in [-0.2, 0) is 33.2 Å². The largest absolute Gasteiger partial charge is 0.459 e. The van der Waals surface area contributed by atoms with Gasteiger partial charge >= 0.3 is 5.97 Å². The summed E-state index contributed by atoms with van der Waals surface area (Å²) in [5.41, 5.74) is -3.64. The van der Waals surface area contributed by atoms with Gasteiger partial charge in [-0.15, -0.1) is 0 Å². The molecule has 0 aromatic rings. The first kappa shape index (κ1) is 23.3. The highest BCUT2D eigenvalue weighted by molar-refractivity contribution is 5.67. The van der Waals surface area contributed by atoms with E-state index in [-0.39, 0.29) is 60.8 Å². The highest BCUT2D eigenvalue weighted by atomic mass is 16.7. The fourth-order valence-corrected chi connectivity index (χ4v) is 11.3. The van der Waals surface area contributed by atoms with Crippen LogP contribution in [0.4, 0.5) is 0 Å². The van der Waals surface area contributed by atoms with Crippen molar-refractivity contribution < 1.29 is 38.3 Å². The van der Waals surface area contributed by atoms with Crippen LogP contribution in [0.15, 0.2) is 0 Å². The fourth-order valence-electron chi connectivity index (χ4n) is 11.3. The molecule has 7 fully saturated rings. The van der Waals surface area contributed by atoms with Gasteiger partial charge in [-0.3, -0.25) is 9.69 Å². The number of nitrogens with zero attached hydrogens (tertiary/aromatic N) is 1. The maximum Gasteiger partial charge on any atom is 0.303 e. The van der Waals surface area contributed by atoms with Gasteiger partial charge in [0.2, 0.25) is 0 Å².